The minimum Gasteiger partial charge on any atom is -0.353 e. The standard InChI is InChI=1S/C25H22F3NOS/c1-16(13-17-7-6-8-18(14-17)25(26,27)28)29-24(30)15-21-19-9-2-4-11-22(19)31-23-12-5-3-10-20(21)23/h2-12,14,16,21H,13,15H2,1H3,(H,29,30). The Morgan fingerprint density at radius 1 is 0.968 bits per heavy atom. The van der Waals surface area contributed by atoms with E-state index in [0.29, 0.717) is 18.4 Å². The maximum atomic E-state index is 12.9. The molecule has 1 heterocycles. The molecule has 0 aliphatic carbocycles. The number of benzene rings is 3. The van der Waals surface area contributed by atoms with E-state index in [1.54, 1.807) is 17.8 Å². The van der Waals surface area contributed by atoms with E-state index >= 15 is 0 Å². The van der Waals surface area contributed by atoms with Gasteiger partial charge in [0.05, 0.1) is 5.56 Å². The Morgan fingerprint density at radius 3 is 2.19 bits per heavy atom. The maximum absolute atomic E-state index is 12.9. The Morgan fingerprint density at radius 2 is 1.58 bits per heavy atom. The van der Waals surface area contributed by atoms with Crippen molar-refractivity contribution in [2.24, 2.45) is 0 Å². The molecule has 1 aliphatic rings. The predicted octanol–water partition coefficient (Wildman–Crippen LogP) is 6.44. The lowest BCUT2D eigenvalue weighted by molar-refractivity contribution is -0.137. The molecule has 4 rings (SSSR count). The van der Waals surface area contributed by atoms with Crippen molar-refractivity contribution >= 4 is 17.7 Å². The molecule has 3 aromatic carbocycles. The van der Waals surface area contributed by atoms with Crippen molar-refractivity contribution in [2.45, 2.75) is 47.7 Å². The van der Waals surface area contributed by atoms with Gasteiger partial charge in [0, 0.05) is 28.2 Å². The van der Waals surface area contributed by atoms with Gasteiger partial charge in [0.15, 0.2) is 0 Å². The van der Waals surface area contributed by atoms with Gasteiger partial charge < -0.3 is 5.32 Å². The van der Waals surface area contributed by atoms with Crippen LogP contribution in [0.4, 0.5) is 13.2 Å². The highest BCUT2D eigenvalue weighted by atomic mass is 32.2. The highest BCUT2D eigenvalue weighted by Crippen LogP contribution is 2.46. The van der Waals surface area contributed by atoms with E-state index in [-0.39, 0.29) is 17.9 Å². The molecule has 0 saturated carbocycles. The molecule has 0 saturated heterocycles. The summed E-state index contributed by atoms with van der Waals surface area (Å²) in [4.78, 5) is 15.2. The molecule has 0 bridgehead atoms. The van der Waals surface area contributed by atoms with E-state index in [4.69, 9.17) is 0 Å². The van der Waals surface area contributed by atoms with Crippen LogP contribution in [-0.4, -0.2) is 11.9 Å². The number of hydrogen-bond donors (Lipinski definition) is 1. The molecule has 31 heavy (non-hydrogen) atoms. The van der Waals surface area contributed by atoms with Crippen molar-refractivity contribution < 1.29 is 18.0 Å². The normalized spacial score (nSPS) is 14.5. The molecule has 1 N–H and O–H groups in total. The fourth-order valence-corrected chi connectivity index (χ4v) is 5.21. The van der Waals surface area contributed by atoms with Crippen molar-refractivity contribution in [1.29, 1.82) is 0 Å². The highest BCUT2D eigenvalue weighted by Gasteiger charge is 2.31. The fraction of sp³-hybridized carbons (Fsp3) is 0.240. The molecule has 160 valence electrons. The summed E-state index contributed by atoms with van der Waals surface area (Å²) in [5.41, 5.74) is 2.14. The van der Waals surface area contributed by atoms with Crippen LogP contribution in [0.5, 0.6) is 0 Å². The summed E-state index contributed by atoms with van der Waals surface area (Å²) in [6, 6.07) is 21.2. The summed E-state index contributed by atoms with van der Waals surface area (Å²) in [6.07, 6.45) is -3.74. The Labute approximate surface area is 183 Å². The number of fused-ring (bicyclic) bond motifs is 2. The second-order valence-electron chi connectivity index (χ2n) is 7.81. The maximum Gasteiger partial charge on any atom is 0.416 e. The summed E-state index contributed by atoms with van der Waals surface area (Å²) in [5.74, 6) is -0.157. The zero-order valence-corrected chi connectivity index (χ0v) is 17.8. The average molecular weight is 442 g/mol. The topological polar surface area (TPSA) is 29.1 Å². The highest BCUT2D eigenvalue weighted by molar-refractivity contribution is 7.99. The van der Waals surface area contributed by atoms with Crippen LogP contribution in [0.1, 0.15) is 41.5 Å². The Kier molecular flexibility index (Phi) is 6.10. The first-order valence-corrected chi connectivity index (χ1v) is 10.9. The van der Waals surface area contributed by atoms with Crippen molar-refractivity contribution in [3.8, 4) is 0 Å². The first kappa shape index (κ1) is 21.5. The number of nitrogens with one attached hydrogen (secondary N) is 1. The van der Waals surface area contributed by atoms with Gasteiger partial charge in [0.1, 0.15) is 0 Å². The molecule has 1 atom stereocenters. The summed E-state index contributed by atoms with van der Waals surface area (Å²) in [7, 11) is 0. The molecule has 0 fully saturated rings. The van der Waals surface area contributed by atoms with Crippen LogP contribution in [-0.2, 0) is 17.4 Å². The number of carbonyl (C=O) groups is 1. The zero-order valence-electron chi connectivity index (χ0n) is 16.9. The third-order valence-corrected chi connectivity index (χ3v) is 6.59. The van der Waals surface area contributed by atoms with Crippen molar-refractivity contribution in [3.63, 3.8) is 0 Å². The van der Waals surface area contributed by atoms with Crippen LogP contribution < -0.4 is 5.32 Å². The smallest absolute Gasteiger partial charge is 0.353 e. The lowest BCUT2D eigenvalue weighted by Crippen LogP contribution is -2.35. The van der Waals surface area contributed by atoms with Crippen molar-refractivity contribution in [3.05, 3.63) is 95.1 Å². The van der Waals surface area contributed by atoms with Gasteiger partial charge >= 0.3 is 6.18 Å². The van der Waals surface area contributed by atoms with E-state index < -0.39 is 11.7 Å². The molecular formula is C25H22F3NOS. The van der Waals surface area contributed by atoms with Crippen LogP contribution in [0.25, 0.3) is 0 Å². The summed E-state index contributed by atoms with van der Waals surface area (Å²) in [5, 5.41) is 2.97. The van der Waals surface area contributed by atoms with Crippen molar-refractivity contribution in [1.82, 2.24) is 5.32 Å². The molecule has 3 aromatic rings. The van der Waals surface area contributed by atoms with Gasteiger partial charge in [-0.25, -0.2) is 0 Å². The van der Waals surface area contributed by atoms with Gasteiger partial charge in [0.2, 0.25) is 5.91 Å². The predicted molar refractivity (Wildman–Crippen MR) is 116 cm³/mol. The van der Waals surface area contributed by atoms with E-state index in [0.717, 1.165) is 33.1 Å². The molecule has 6 heteroatoms. The first-order chi connectivity index (χ1) is 14.8. The Hall–Kier alpha value is -2.73. The number of rotatable bonds is 5. The molecule has 0 spiro atoms. The zero-order chi connectivity index (χ0) is 22.0. The van der Waals surface area contributed by atoms with Gasteiger partial charge in [-0.15, -0.1) is 0 Å². The molecule has 0 radical (unpaired) electrons. The van der Waals surface area contributed by atoms with Gasteiger partial charge in [-0.3, -0.25) is 4.79 Å². The van der Waals surface area contributed by atoms with Crippen LogP contribution in [0.2, 0.25) is 0 Å². The molecule has 1 aliphatic heterocycles. The summed E-state index contributed by atoms with van der Waals surface area (Å²) >= 11 is 1.71. The number of alkyl halides is 3. The number of halogens is 3. The lowest BCUT2D eigenvalue weighted by atomic mass is 9.87. The SMILES string of the molecule is CC(Cc1cccc(C(F)(F)F)c1)NC(=O)CC1c2ccccc2Sc2ccccc21. The largest absolute Gasteiger partial charge is 0.416 e. The lowest BCUT2D eigenvalue weighted by Gasteiger charge is -2.28. The number of hydrogen-bond acceptors (Lipinski definition) is 2. The van der Waals surface area contributed by atoms with Gasteiger partial charge in [-0.2, -0.15) is 13.2 Å². The average Bonchev–Trinajstić information content (AvgIpc) is 2.73. The van der Waals surface area contributed by atoms with Crippen LogP contribution in [0, 0.1) is 0 Å². The monoisotopic (exact) mass is 441 g/mol. The second kappa shape index (κ2) is 8.79. The number of carbonyl (C=O) groups excluding carboxylic acids is 1. The van der Waals surface area contributed by atoms with E-state index in [2.05, 4.69) is 29.6 Å². The molecule has 2 nitrogen and oxygen atoms in total. The number of amides is 1. The summed E-state index contributed by atoms with van der Waals surface area (Å²) < 4.78 is 38.8. The summed E-state index contributed by atoms with van der Waals surface area (Å²) in [6.45, 7) is 1.82. The van der Waals surface area contributed by atoms with Gasteiger partial charge in [0.25, 0.3) is 0 Å². The third-order valence-electron chi connectivity index (χ3n) is 5.40. The van der Waals surface area contributed by atoms with Crippen LogP contribution >= 0.6 is 11.8 Å². The minimum absolute atomic E-state index is 0.0468. The third kappa shape index (κ3) is 4.96. The van der Waals surface area contributed by atoms with E-state index in [9.17, 15) is 18.0 Å². The van der Waals surface area contributed by atoms with Gasteiger partial charge in [-0.05, 0) is 48.2 Å². The molecular weight excluding hydrogens is 419 g/mol. The van der Waals surface area contributed by atoms with E-state index in [1.165, 1.54) is 6.07 Å². The van der Waals surface area contributed by atoms with Crippen LogP contribution in [0.3, 0.4) is 0 Å². The minimum atomic E-state index is -4.37. The second-order valence-corrected chi connectivity index (χ2v) is 8.89. The molecule has 1 amide bonds. The van der Waals surface area contributed by atoms with E-state index in [1.807, 2.05) is 31.2 Å². The van der Waals surface area contributed by atoms with Crippen molar-refractivity contribution in [2.75, 3.05) is 0 Å². The Bertz CT molecular complexity index is 1050. The molecule has 0 aromatic heterocycles. The quantitative estimate of drug-likeness (QED) is 0.494. The molecule has 1 unspecified atom stereocenters. The Balaban J connectivity index is 1.46. The van der Waals surface area contributed by atoms with Gasteiger partial charge in [-0.1, -0.05) is 66.4 Å². The fourth-order valence-electron chi connectivity index (χ4n) is 4.03. The van der Waals surface area contributed by atoms with Crippen LogP contribution in [0.15, 0.2) is 82.6 Å². The first-order valence-electron chi connectivity index (χ1n) is 10.1.